The van der Waals surface area contributed by atoms with Crippen LogP contribution in [0.1, 0.15) is 23.7 Å². The first-order valence-corrected chi connectivity index (χ1v) is 13.9. The van der Waals surface area contributed by atoms with Crippen molar-refractivity contribution in [1.29, 1.82) is 5.26 Å². The molecule has 0 spiro atoms. The zero-order chi connectivity index (χ0) is 33.6. The Labute approximate surface area is 262 Å². The highest BCUT2D eigenvalue weighted by atomic mass is 35.5. The van der Waals surface area contributed by atoms with E-state index in [0.717, 1.165) is 11.8 Å². The van der Waals surface area contributed by atoms with Crippen LogP contribution in [0.15, 0.2) is 47.4 Å². The van der Waals surface area contributed by atoms with Gasteiger partial charge in [0, 0.05) is 26.3 Å². The van der Waals surface area contributed by atoms with E-state index in [4.69, 9.17) is 45.8 Å². The molecule has 1 atom stereocenters. The van der Waals surface area contributed by atoms with Gasteiger partial charge in [-0.15, -0.1) is 0 Å². The number of aromatic nitrogens is 3. The second-order valence-corrected chi connectivity index (χ2v) is 10.8. The summed E-state index contributed by atoms with van der Waals surface area (Å²) in [4.78, 5) is 14.7. The van der Waals surface area contributed by atoms with Crippen molar-refractivity contribution < 1.29 is 35.5 Å². The maximum atomic E-state index is 12.7. The lowest BCUT2D eigenvalue weighted by Crippen LogP contribution is -2.30. The van der Waals surface area contributed by atoms with Crippen molar-refractivity contribution in [2.45, 2.75) is 30.0 Å². The van der Waals surface area contributed by atoms with Crippen molar-refractivity contribution in [3.63, 3.8) is 0 Å². The number of nitriles is 1. The molecule has 238 valence electrons. The van der Waals surface area contributed by atoms with E-state index < -0.39 is 65.1 Å². The van der Waals surface area contributed by atoms with Gasteiger partial charge in [-0.25, -0.2) is 13.9 Å². The molecular weight excluding hydrogens is 689 g/mol. The molecular formula is C23H19Cl3F6N8O3S. The molecule has 0 amide bonds. The number of nitrogens with two attached hydrogens (primary N) is 1. The molecule has 2 heterocycles. The number of rotatable bonds is 8. The molecule has 0 saturated carbocycles. The molecule has 0 aliphatic rings. The number of alkyl halides is 6. The van der Waals surface area contributed by atoms with Gasteiger partial charge in [-0.1, -0.05) is 40.9 Å². The number of nitro groups is 1. The Bertz CT molecular complexity index is 1590. The van der Waals surface area contributed by atoms with Gasteiger partial charge >= 0.3 is 11.7 Å². The Kier molecular flexibility index (Phi) is 12.2. The quantitative estimate of drug-likeness (QED) is 0.122. The monoisotopic (exact) mass is 706 g/mol. The fourth-order valence-electron chi connectivity index (χ4n) is 3.38. The van der Waals surface area contributed by atoms with E-state index in [1.54, 1.807) is 19.3 Å². The summed E-state index contributed by atoms with van der Waals surface area (Å²) in [5.74, 6) is -0.446. The van der Waals surface area contributed by atoms with E-state index >= 15 is 0 Å². The minimum absolute atomic E-state index is 0.427. The van der Waals surface area contributed by atoms with E-state index in [9.17, 15) is 40.7 Å². The fourth-order valence-corrected chi connectivity index (χ4v) is 4.91. The van der Waals surface area contributed by atoms with E-state index in [-0.39, 0.29) is 0 Å². The Balaban J connectivity index is 0.000000329. The number of hydrogen-bond donors (Lipinski definition) is 2. The van der Waals surface area contributed by atoms with Crippen molar-refractivity contribution in [1.82, 2.24) is 25.0 Å². The highest BCUT2D eigenvalue weighted by Gasteiger charge is 2.43. The van der Waals surface area contributed by atoms with Crippen LogP contribution in [0.4, 0.5) is 32.2 Å². The fraction of sp³-hybridized carbons (Fsp3) is 0.261. The van der Waals surface area contributed by atoms with Crippen molar-refractivity contribution in [2.75, 3.05) is 19.3 Å². The lowest BCUT2D eigenvalue weighted by Gasteiger charge is -2.23. The van der Waals surface area contributed by atoms with Gasteiger partial charge in [0.1, 0.15) is 27.6 Å². The normalized spacial score (nSPS) is 12.5. The van der Waals surface area contributed by atoms with Gasteiger partial charge in [0.2, 0.25) is 0 Å². The van der Waals surface area contributed by atoms with Crippen LogP contribution in [-0.2, 0) is 23.5 Å². The lowest BCUT2D eigenvalue weighted by atomic mass is 10.2. The maximum absolute atomic E-state index is 12.7. The van der Waals surface area contributed by atoms with Crippen molar-refractivity contribution >= 4 is 51.4 Å². The van der Waals surface area contributed by atoms with Crippen LogP contribution in [-0.4, -0.2) is 47.9 Å². The SMILES string of the molecule is CCN(Cc1ccc(Cl)nc1)/C(=C/[N+](=O)[O-])NC.N#Cc1nn(-c2c(Cl)cc(C(F)(F)F)cc2Cl)c(N)c1S(=O)C(F)(F)F. The zero-order valence-corrected chi connectivity index (χ0v) is 25.3. The molecule has 21 heteroatoms. The summed E-state index contributed by atoms with van der Waals surface area (Å²) >= 11 is 17.2. The molecule has 11 nitrogen and oxygen atoms in total. The molecule has 0 radical (unpaired) electrons. The highest BCUT2D eigenvalue weighted by Crippen LogP contribution is 2.40. The van der Waals surface area contributed by atoms with E-state index in [1.165, 1.54) is 6.07 Å². The molecule has 1 unspecified atom stereocenters. The standard InChI is InChI=1S/C12H4Cl2F6N4OS.C11H15ClN4O2/c13-5-1-4(11(15,16)17)2-6(14)8(5)24-10(22)9(7(3-21)23-24)26(25)12(18,19)20;1-3-15(11(13-2)8-16(17)18)7-9-4-5-10(12)14-6-9/h1-2H,22H2;4-6,8,13H,3,7H2,1-2H3/b;11-8+. The molecule has 0 bridgehead atoms. The summed E-state index contributed by atoms with van der Waals surface area (Å²) in [6.07, 6.45) is -2.18. The first-order valence-electron chi connectivity index (χ1n) is 11.6. The third-order valence-electron chi connectivity index (χ3n) is 5.30. The van der Waals surface area contributed by atoms with Gasteiger partial charge in [0.05, 0.1) is 20.5 Å². The second-order valence-electron chi connectivity index (χ2n) is 8.14. The van der Waals surface area contributed by atoms with Gasteiger partial charge < -0.3 is 16.0 Å². The molecule has 1 aromatic carbocycles. The number of nitrogens with zero attached hydrogens (tertiary/aromatic N) is 6. The van der Waals surface area contributed by atoms with Crippen LogP contribution >= 0.6 is 34.8 Å². The van der Waals surface area contributed by atoms with Crippen molar-refractivity contribution in [2.24, 2.45) is 0 Å². The van der Waals surface area contributed by atoms with Crippen LogP contribution < -0.4 is 11.1 Å². The molecule has 3 rings (SSSR count). The number of halogens is 9. The Morgan fingerprint density at radius 3 is 2.23 bits per heavy atom. The molecule has 0 fully saturated rings. The molecule has 0 saturated heterocycles. The third kappa shape index (κ3) is 9.11. The molecule has 0 aliphatic heterocycles. The maximum Gasteiger partial charge on any atom is 0.476 e. The van der Waals surface area contributed by atoms with Gasteiger partial charge in [-0.3, -0.25) is 10.1 Å². The number of hydrogen-bond acceptors (Lipinski definition) is 9. The highest BCUT2D eigenvalue weighted by molar-refractivity contribution is 7.86. The second kappa shape index (κ2) is 14.8. The minimum Gasteiger partial charge on any atom is -0.383 e. The molecule has 44 heavy (non-hydrogen) atoms. The molecule has 0 aliphatic carbocycles. The Hall–Kier alpha value is -3.79. The van der Waals surface area contributed by atoms with E-state index in [1.807, 2.05) is 17.9 Å². The average Bonchev–Trinajstić information content (AvgIpc) is 3.25. The summed E-state index contributed by atoms with van der Waals surface area (Å²) in [7, 11) is -2.05. The summed E-state index contributed by atoms with van der Waals surface area (Å²) in [6, 6.07) is 5.73. The Morgan fingerprint density at radius 2 is 1.82 bits per heavy atom. The Morgan fingerprint density at radius 1 is 1.23 bits per heavy atom. The van der Waals surface area contributed by atoms with E-state index in [0.29, 0.717) is 40.9 Å². The predicted molar refractivity (Wildman–Crippen MR) is 150 cm³/mol. The summed E-state index contributed by atoms with van der Waals surface area (Å²) in [5, 5.41) is 24.8. The summed E-state index contributed by atoms with van der Waals surface area (Å²) in [6.45, 7) is 3.10. The number of nitrogen functional groups attached to an aromatic ring is 1. The number of benzene rings is 1. The first-order chi connectivity index (χ1) is 20.3. The van der Waals surface area contributed by atoms with Crippen molar-refractivity contribution in [3.8, 4) is 11.8 Å². The molecule has 2 aromatic heterocycles. The van der Waals surface area contributed by atoms with E-state index in [2.05, 4.69) is 15.4 Å². The average molecular weight is 708 g/mol. The minimum atomic E-state index is -5.25. The predicted octanol–water partition coefficient (Wildman–Crippen LogP) is 6.13. The number of anilines is 1. The third-order valence-corrected chi connectivity index (χ3v) is 7.30. The van der Waals surface area contributed by atoms with Gasteiger partial charge in [-0.2, -0.15) is 36.7 Å². The van der Waals surface area contributed by atoms with Crippen LogP contribution in [0, 0.1) is 21.4 Å². The number of nitrogens with one attached hydrogen (secondary N) is 1. The lowest BCUT2D eigenvalue weighted by molar-refractivity contribution is -0.404. The van der Waals surface area contributed by atoms with Gasteiger partial charge in [0.25, 0.3) is 6.20 Å². The summed E-state index contributed by atoms with van der Waals surface area (Å²) < 4.78 is 88.4. The molecule has 3 N–H and O–H groups in total. The van der Waals surface area contributed by atoms with Crippen LogP contribution in [0.2, 0.25) is 15.2 Å². The zero-order valence-electron chi connectivity index (χ0n) is 22.2. The topological polar surface area (TPSA) is 156 Å². The van der Waals surface area contributed by atoms with Crippen LogP contribution in [0.3, 0.4) is 0 Å². The largest absolute Gasteiger partial charge is 0.476 e. The van der Waals surface area contributed by atoms with Crippen molar-refractivity contribution in [3.05, 3.63) is 84.6 Å². The molecule has 3 aromatic rings. The van der Waals surface area contributed by atoms with Gasteiger partial charge in [-0.05, 0) is 30.7 Å². The summed E-state index contributed by atoms with van der Waals surface area (Å²) in [5.41, 5.74) is -1.48. The van der Waals surface area contributed by atoms with Gasteiger partial charge in [0.15, 0.2) is 22.3 Å². The number of pyridine rings is 1. The smallest absolute Gasteiger partial charge is 0.383 e. The van der Waals surface area contributed by atoms with Crippen LogP contribution in [0.5, 0.6) is 0 Å². The van der Waals surface area contributed by atoms with Crippen LogP contribution in [0.25, 0.3) is 5.69 Å². The first kappa shape index (κ1) is 36.4.